The van der Waals surface area contributed by atoms with Gasteiger partial charge in [-0.25, -0.2) is 0 Å². The molecule has 16 heavy (non-hydrogen) atoms. The van der Waals surface area contributed by atoms with Crippen LogP contribution in [0.1, 0.15) is 18.9 Å². The van der Waals surface area contributed by atoms with E-state index in [1.807, 2.05) is 19.1 Å². The molecule has 88 valence electrons. The second-order valence-corrected chi connectivity index (χ2v) is 3.58. The predicted molar refractivity (Wildman–Crippen MR) is 61.9 cm³/mol. The van der Waals surface area contributed by atoms with E-state index in [1.165, 1.54) is 0 Å². The van der Waals surface area contributed by atoms with Crippen molar-refractivity contribution in [2.24, 2.45) is 0 Å². The van der Waals surface area contributed by atoms with Crippen molar-refractivity contribution in [3.05, 3.63) is 30.1 Å². The number of carbonyl (C=O) groups is 1. The molecule has 0 saturated heterocycles. The highest BCUT2D eigenvalue weighted by atomic mass is 16.3. The zero-order valence-electron chi connectivity index (χ0n) is 9.59. The Morgan fingerprint density at radius 3 is 2.69 bits per heavy atom. The van der Waals surface area contributed by atoms with Crippen LogP contribution in [0.5, 0.6) is 0 Å². The number of amides is 1. The molecule has 1 rings (SSSR count). The third-order valence-corrected chi connectivity index (χ3v) is 2.43. The van der Waals surface area contributed by atoms with Crippen molar-refractivity contribution >= 4 is 5.91 Å². The minimum Gasteiger partial charge on any atom is -0.396 e. The first kappa shape index (κ1) is 12.6. The van der Waals surface area contributed by atoms with Gasteiger partial charge in [-0.2, -0.15) is 0 Å². The zero-order valence-corrected chi connectivity index (χ0v) is 9.59. The monoisotopic (exact) mass is 222 g/mol. The number of aliphatic hydroxyl groups excluding tert-OH is 1. The van der Waals surface area contributed by atoms with E-state index < -0.39 is 0 Å². The van der Waals surface area contributed by atoms with Crippen LogP contribution in [-0.2, 0) is 11.2 Å². The van der Waals surface area contributed by atoms with Gasteiger partial charge in [0.2, 0.25) is 5.91 Å². The van der Waals surface area contributed by atoms with E-state index in [0.29, 0.717) is 25.9 Å². The first-order valence-electron chi connectivity index (χ1n) is 5.55. The molecular weight excluding hydrogens is 204 g/mol. The summed E-state index contributed by atoms with van der Waals surface area (Å²) in [6, 6.07) is 3.69. The summed E-state index contributed by atoms with van der Waals surface area (Å²) in [4.78, 5) is 17.5. The lowest BCUT2D eigenvalue weighted by atomic mass is 10.2. The van der Waals surface area contributed by atoms with Gasteiger partial charge in [0.25, 0.3) is 0 Å². The standard InChI is InChI=1S/C12H18N2O2/c1-2-14(8-3-9-15)12(16)10-11-4-6-13-7-5-11/h4-7,15H,2-3,8-10H2,1H3. The molecule has 0 fully saturated rings. The van der Waals surface area contributed by atoms with Gasteiger partial charge >= 0.3 is 0 Å². The molecule has 0 aliphatic rings. The lowest BCUT2D eigenvalue weighted by Crippen LogP contribution is -2.33. The van der Waals surface area contributed by atoms with E-state index >= 15 is 0 Å². The molecule has 0 aromatic carbocycles. The Morgan fingerprint density at radius 1 is 1.44 bits per heavy atom. The maximum Gasteiger partial charge on any atom is 0.226 e. The number of nitrogens with zero attached hydrogens (tertiary/aromatic N) is 2. The second kappa shape index (κ2) is 6.95. The molecule has 0 radical (unpaired) electrons. The Morgan fingerprint density at radius 2 is 2.12 bits per heavy atom. The maximum atomic E-state index is 11.9. The number of pyridine rings is 1. The third-order valence-electron chi connectivity index (χ3n) is 2.43. The summed E-state index contributed by atoms with van der Waals surface area (Å²) in [6.07, 6.45) is 4.41. The first-order valence-corrected chi connectivity index (χ1v) is 5.55. The van der Waals surface area contributed by atoms with Gasteiger partial charge in [-0.3, -0.25) is 9.78 Å². The Hall–Kier alpha value is -1.42. The quantitative estimate of drug-likeness (QED) is 0.776. The largest absolute Gasteiger partial charge is 0.396 e. The molecule has 1 heterocycles. The van der Waals surface area contributed by atoms with Crippen molar-refractivity contribution in [1.82, 2.24) is 9.88 Å². The highest BCUT2D eigenvalue weighted by Crippen LogP contribution is 2.02. The van der Waals surface area contributed by atoms with E-state index in [4.69, 9.17) is 5.11 Å². The number of aromatic nitrogens is 1. The SMILES string of the molecule is CCN(CCCO)C(=O)Cc1ccncc1. The normalized spacial score (nSPS) is 10.1. The van der Waals surface area contributed by atoms with Crippen LogP contribution in [0.2, 0.25) is 0 Å². The van der Waals surface area contributed by atoms with Crippen molar-refractivity contribution in [1.29, 1.82) is 0 Å². The van der Waals surface area contributed by atoms with Gasteiger partial charge < -0.3 is 10.0 Å². The molecule has 0 saturated carbocycles. The summed E-state index contributed by atoms with van der Waals surface area (Å²) in [7, 11) is 0. The smallest absolute Gasteiger partial charge is 0.226 e. The van der Waals surface area contributed by atoms with Gasteiger partial charge in [-0.05, 0) is 31.0 Å². The summed E-state index contributed by atoms with van der Waals surface area (Å²) < 4.78 is 0. The van der Waals surface area contributed by atoms with Crippen LogP contribution in [0.15, 0.2) is 24.5 Å². The van der Waals surface area contributed by atoms with Crippen LogP contribution in [0.3, 0.4) is 0 Å². The molecule has 0 atom stereocenters. The van der Waals surface area contributed by atoms with Crippen molar-refractivity contribution < 1.29 is 9.90 Å². The van der Waals surface area contributed by atoms with Crippen LogP contribution >= 0.6 is 0 Å². The van der Waals surface area contributed by atoms with E-state index in [2.05, 4.69) is 4.98 Å². The molecule has 0 unspecified atom stereocenters. The van der Waals surface area contributed by atoms with Crippen molar-refractivity contribution in [3.8, 4) is 0 Å². The summed E-state index contributed by atoms with van der Waals surface area (Å²) >= 11 is 0. The van der Waals surface area contributed by atoms with Gasteiger partial charge in [-0.1, -0.05) is 0 Å². The summed E-state index contributed by atoms with van der Waals surface area (Å²) in [6.45, 7) is 3.38. The highest BCUT2D eigenvalue weighted by molar-refractivity contribution is 5.78. The van der Waals surface area contributed by atoms with Crippen molar-refractivity contribution in [2.75, 3.05) is 19.7 Å². The molecule has 4 nitrogen and oxygen atoms in total. The van der Waals surface area contributed by atoms with E-state index in [-0.39, 0.29) is 12.5 Å². The molecule has 1 aromatic rings. The Balaban J connectivity index is 2.49. The molecule has 1 aromatic heterocycles. The second-order valence-electron chi connectivity index (χ2n) is 3.58. The Kier molecular flexibility index (Phi) is 5.50. The molecule has 0 aliphatic heterocycles. The van der Waals surface area contributed by atoms with Crippen LogP contribution < -0.4 is 0 Å². The molecule has 1 N–H and O–H groups in total. The number of hydrogen-bond donors (Lipinski definition) is 1. The molecule has 4 heteroatoms. The minimum atomic E-state index is 0.0992. The molecule has 0 aliphatic carbocycles. The fourth-order valence-electron chi connectivity index (χ4n) is 1.51. The first-order chi connectivity index (χ1) is 7.77. The number of aliphatic hydroxyl groups is 1. The highest BCUT2D eigenvalue weighted by Gasteiger charge is 2.11. The Bertz CT molecular complexity index is 314. The fourth-order valence-corrected chi connectivity index (χ4v) is 1.51. The van der Waals surface area contributed by atoms with Crippen molar-refractivity contribution in [2.45, 2.75) is 19.8 Å². The third kappa shape index (κ3) is 3.98. The summed E-state index contributed by atoms with van der Waals surface area (Å²) in [5.41, 5.74) is 0.974. The average Bonchev–Trinajstić information content (AvgIpc) is 2.31. The lowest BCUT2D eigenvalue weighted by Gasteiger charge is -2.20. The van der Waals surface area contributed by atoms with Gasteiger partial charge in [-0.15, -0.1) is 0 Å². The van der Waals surface area contributed by atoms with Crippen LogP contribution in [-0.4, -0.2) is 40.6 Å². The minimum absolute atomic E-state index is 0.0992. The van der Waals surface area contributed by atoms with Crippen LogP contribution in [0, 0.1) is 0 Å². The Labute approximate surface area is 95.9 Å². The number of rotatable bonds is 6. The van der Waals surface area contributed by atoms with Gasteiger partial charge in [0.1, 0.15) is 0 Å². The van der Waals surface area contributed by atoms with Gasteiger partial charge in [0.05, 0.1) is 6.42 Å². The molecular formula is C12H18N2O2. The van der Waals surface area contributed by atoms with E-state index in [0.717, 1.165) is 5.56 Å². The lowest BCUT2D eigenvalue weighted by molar-refractivity contribution is -0.130. The van der Waals surface area contributed by atoms with Gasteiger partial charge in [0, 0.05) is 32.1 Å². The fraction of sp³-hybridized carbons (Fsp3) is 0.500. The topological polar surface area (TPSA) is 53.4 Å². The zero-order chi connectivity index (χ0) is 11.8. The number of hydrogen-bond acceptors (Lipinski definition) is 3. The maximum absolute atomic E-state index is 11.9. The van der Waals surface area contributed by atoms with E-state index in [1.54, 1.807) is 17.3 Å². The molecule has 1 amide bonds. The van der Waals surface area contributed by atoms with Gasteiger partial charge in [0.15, 0.2) is 0 Å². The van der Waals surface area contributed by atoms with Crippen LogP contribution in [0.4, 0.5) is 0 Å². The van der Waals surface area contributed by atoms with Crippen LogP contribution in [0.25, 0.3) is 0 Å². The molecule has 0 bridgehead atoms. The molecule has 0 spiro atoms. The summed E-state index contributed by atoms with van der Waals surface area (Å²) in [5, 5.41) is 8.74. The number of carbonyl (C=O) groups excluding carboxylic acids is 1. The average molecular weight is 222 g/mol. The summed E-state index contributed by atoms with van der Waals surface area (Å²) in [5.74, 6) is 0.0992. The predicted octanol–water partition coefficient (Wildman–Crippen LogP) is 0.855. The number of likely N-dealkylation sites (N-methyl/N-ethyl adjacent to an activating group) is 1. The van der Waals surface area contributed by atoms with Crippen molar-refractivity contribution in [3.63, 3.8) is 0 Å². The van der Waals surface area contributed by atoms with E-state index in [9.17, 15) is 4.79 Å².